The van der Waals surface area contributed by atoms with Crippen LogP contribution in [0.5, 0.6) is 0 Å². The first kappa shape index (κ1) is 18.2. The monoisotopic (exact) mass is 368 g/mol. The maximum absolute atomic E-state index is 12.5. The van der Waals surface area contributed by atoms with Crippen LogP contribution in [0.15, 0.2) is 30.6 Å². The Morgan fingerprint density at radius 2 is 2.00 bits per heavy atom. The molecule has 144 valence electrons. The van der Waals surface area contributed by atoms with E-state index in [0.717, 1.165) is 62.3 Å². The maximum atomic E-state index is 12.5. The van der Waals surface area contributed by atoms with Gasteiger partial charge in [0.15, 0.2) is 0 Å². The molecule has 2 aliphatic rings. The van der Waals surface area contributed by atoms with Gasteiger partial charge in [-0.05, 0) is 56.5 Å². The molecule has 0 bridgehead atoms. The summed E-state index contributed by atoms with van der Waals surface area (Å²) in [4.78, 5) is 19.1. The van der Waals surface area contributed by atoms with Crippen LogP contribution < -0.4 is 15.5 Å². The summed E-state index contributed by atoms with van der Waals surface area (Å²) in [5.74, 6) is 0.761. The first-order valence-electron chi connectivity index (χ1n) is 10.0. The third kappa shape index (κ3) is 4.39. The SMILES string of the molecule is O=C(CCC1CCNCC1)Nc1ccc(N2CCOCC2)c2ccncc12. The zero-order valence-electron chi connectivity index (χ0n) is 15.7. The van der Waals surface area contributed by atoms with Crippen LogP contribution in [0, 0.1) is 5.92 Å². The molecule has 6 heteroatoms. The number of benzene rings is 1. The van der Waals surface area contributed by atoms with E-state index in [1.807, 2.05) is 24.5 Å². The van der Waals surface area contributed by atoms with Crippen LogP contribution in [0.3, 0.4) is 0 Å². The molecule has 3 heterocycles. The fourth-order valence-corrected chi connectivity index (χ4v) is 4.08. The molecule has 0 saturated carbocycles. The Kier molecular flexibility index (Phi) is 5.84. The van der Waals surface area contributed by atoms with Crippen molar-refractivity contribution >= 4 is 28.1 Å². The lowest BCUT2D eigenvalue weighted by Crippen LogP contribution is -2.36. The molecular weight excluding hydrogens is 340 g/mol. The number of pyridine rings is 1. The molecule has 0 spiro atoms. The van der Waals surface area contributed by atoms with Gasteiger partial charge in [-0.1, -0.05) is 0 Å². The quantitative estimate of drug-likeness (QED) is 0.850. The normalized spacial score (nSPS) is 18.6. The summed E-state index contributed by atoms with van der Waals surface area (Å²) < 4.78 is 5.47. The van der Waals surface area contributed by atoms with E-state index in [1.165, 1.54) is 18.5 Å². The van der Waals surface area contributed by atoms with E-state index >= 15 is 0 Å². The van der Waals surface area contributed by atoms with Gasteiger partial charge in [0, 0.05) is 48.4 Å². The fraction of sp³-hybridized carbons (Fsp3) is 0.524. The summed E-state index contributed by atoms with van der Waals surface area (Å²) in [6.07, 6.45) is 7.56. The summed E-state index contributed by atoms with van der Waals surface area (Å²) in [7, 11) is 0. The van der Waals surface area contributed by atoms with Crippen LogP contribution in [0.2, 0.25) is 0 Å². The van der Waals surface area contributed by atoms with Crippen molar-refractivity contribution in [3.63, 3.8) is 0 Å². The number of carbonyl (C=O) groups is 1. The number of morpholine rings is 1. The van der Waals surface area contributed by atoms with Gasteiger partial charge in [-0.25, -0.2) is 0 Å². The van der Waals surface area contributed by atoms with Crippen molar-refractivity contribution in [3.8, 4) is 0 Å². The van der Waals surface area contributed by atoms with Gasteiger partial charge >= 0.3 is 0 Å². The molecule has 1 aromatic carbocycles. The molecule has 2 fully saturated rings. The van der Waals surface area contributed by atoms with E-state index < -0.39 is 0 Å². The summed E-state index contributed by atoms with van der Waals surface area (Å²) in [6.45, 7) is 5.43. The highest BCUT2D eigenvalue weighted by Gasteiger charge is 2.17. The molecule has 0 unspecified atom stereocenters. The molecule has 2 aromatic rings. The van der Waals surface area contributed by atoms with Gasteiger partial charge in [-0.3, -0.25) is 9.78 Å². The molecule has 1 amide bonds. The third-order valence-corrected chi connectivity index (χ3v) is 5.66. The van der Waals surface area contributed by atoms with Gasteiger partial charge in [-0.15, -0.1) is 0 Å². The van der Waals surface area contributed by atoms with Crippen LogP contribution in [0.1, 0.15) is 25.7 Å². The second-order valence-electron chi connectivity index (χ2n) is 7.43. The minimum atomic E-state index is 0.0952. The molecular formula is C21H28N4O2. The Balaban J connectivity index is 1.47. The van der Waals surface area contributed by atoms with Crippen molar-refractivity contribution in [2.75, 3.05) is 49.6 Å². The Morgan fingerprint density at radius 1 is 1.19 bits per heavy atom. The lowest BCUT2D eigenvalue weighted by Gasteiger charge is -2.30. The standard InChI is InChI=1S/C21H28N4O2/c26-21(4-1-16-5-8-22-9-6-16)24-19-2-3-20(25-11-13-27-14-12-25)17-7-10-23-15-18(17)19/h2-3,7,10,15-16,22H,1,4-6,8-9,11-14H2,(H,24,26). The molecule has 4 rings (SSSR count). The largest absolute Gasteiger partial charge is 0.378 e. The van der Waals surface area contributed by atoms with Crippen LogP contribution in [0.25, 0.3) is 10.8 Å². The van der Waals surface area contributed by atoms with Gasteiger partial charge in [0.05, 0.1) is 18.9 Å². The Bertz CT molecular complexity index is 783. The molecule has 0 aliphatic carbocycles. The minimum Gasteiger partial charge on any atom is -0.378 e. The predicted octanol–water partition coefficient (Wildman–Crippen LogP) is 2.79. The second kappa shape index (κ2) is 8.67. The number of anilines is 2. The number of nitrogens with one attached hydrogen (secondary N) is 2. The van der Waals surface area contributed by atoms with Gasteiger partial charge in [0.1, 0.15) is 0 Å². The number of carbonyl (C=O) groups excluding carboxylic acids is 1. The number of ether oxygens (including phenoxy) is 1. The van der Waals surface area contributed by atoms with E-state index in [4.69, 9.17) is 4.74 Å². The molecule has 2 aliphatic heterocycles. The van der Waals surface area contributed by atoms with Crippen LogP contribution >= 0.6 is 0 Å². The molecule has 27 heavy (non-hydrogen) atoms. The van der Waals surface area contributed by atoms with Gasteiger partial charge in [0.2, 0.25) is 5.91 Å². The lowest BCUT2D eigenvalue weighted by atomic mass is 9.93. The smallest absolute Gasteiger partial charge is 0.224 e. The average molecular weight is 368 g/mol. The van der Waals surface area contributed by atoms with Crippen molar-refractivity contribution in [2.24, 2.45) is 5.92 Å². The highest BCUT2D eigenvalue weighted by atomic mass is 16.5. The number of amides is 1. The van der Waals surface area contributed by atoms with Crippen molar-refractivity contribution in [2.45, 2.75) is 25.7 Å². The lowest BCUT2D eigenvalue weighted by molar-refractivity contribution is -0.116. The Labute approximate surface area is 160 Å². The first-order valence-corrected chi connectivity index (χ1v) is 10.0. The first-order chi connectivity index (χ1) is 13.3. The summed E-state index contributed by atoms with van der Waals surface area (Å²) in [5, 5.41) is 8.62. The zero-order valence-corrected chi connectivity index (χ0v) is 15.7. The molecule has 2 saturated heterocycles. The molecule has 2 N–H and O–H groups in total. The number of fused-ring (bicyclic) bond motifs is 1. The number of aromatic nitrogens is 1. The Morgan fingerprint density at radius 3 is 2.81 bits per heavy atom. The summed E-state index contributed by atoms with van der Waals surface area (Å²) in [5.41, 5.74) is 2.04. The average Bonchev–Trinajstić information content (AvgIpc) is 2.74. The van der Waals surface area contributed by atoms with Crippen molar-refractivity contribution in [3.05, 3.63) is 30.6 Å². The van der Waals surface area contributed by atoms with Crippen LogP contribution in [-0.4, -0.2) is 50.3 Å². The number of hydrogen-bond donors (Lipinski definition) is 2. The number of rotatable bonds is 5. The molecule has 1 aromatic heterocycles. The number of nitrogens with zero attached hydrogens (tertiary/aromatic N) is 2. The zero-order chi connectivity index (χ0) is 18.5. The van der Waals surface area contributed by atoms with Crippen LogP contribution in [0.4, 0.5) is 11.4 Å². The van der Waals surface area contributed by atoms with E-state index in [9.17, 15) is 4.79 Å². The second-order valence-corrected chi connectivity index (χ2v) is 7.43. The maximum Gasteiger partial charge on any atom is 0.224 e. The van der Waals surface area contributed by atoms with E-state index in [2.05, 4.69) is 26.6 Å². The molecule has 0 radical (unpaired) electrons. The van der Waals surface area contributed by atoms with Crippen molar-refractivity contribution in [1.29, 1.82) is 0 Å². The predicted molar refractivity (Wildman–Crippen MR) is 108 cm³/mol. The minimum absolute atomic E-state index is 0.0952. The van der Waals surface area contributed by atoms with Crippen molar-refractivity contribution in [1.82, 2.24) is 10.3 Å². The highest BCUT2D eigenvalue weighted by molar-refractivity contribution is 6.06. The van der Waals surface area contributed by atoms with Crippen molar-refractivity contribution < 1.29 is 9.53 Å². The summed E-state index contributed by atoms with van der Waals surface area (Å²) in [6, 6.07) is 6.15. The fourth-order valence-electron chi connectivity index (χ4n) is 4.08. The highest BCUT2D eigenvalue weighted by Crippen LogP contribution is 2.32. The summed E-state index contributed by atoms with van der Waals surface area (Å²) >= 11 is 0. The number of piperidine rings is 1. The van der Waals surface area contributed by atoms with Crippen LogP contribution in [-0.2, 0) is 9.53 Å². The Hall–Kier alpha value is -2.18. The van der Waals surface area contributed by atoms with E-state index in [1.54, 1.807) is 0 Å². The number of hydrogen-bond acceptors (Lipinski definition) is 5. The topological polar surface area (TPSA) is 66.5 Å². The van der Waals surface area contributed by atoms with Gasteiger partial charge < -0.3 is 20.3 Å². The molecule has 0 atom stereocenters. The molecule has 6 nitrogen and oxygen atoms in total. The van der Waals surface area contributed by atoms with Gasteiger partial charge in [0.25, 0.3) is 0 Å². The van der Waals surface area contributed by atoms with E-state index in [0.29, 0.717) is 12.3 Å². The van der Waals surface area contributed by atoms with E-state index in [-0.39, 0.29) is 5.91 Å². The third-order valence-electron chi connectivity index (χ3n) is 5.66. The van der Waals surface area contributed by atoms with Gasteiger partial charge in [-0.2, -0.15) is 0 Å².